The lowest BCUT2D eigenvalue weighted by molar-refractivity contribution is 0.0814. The van der Waals surface area contributed by atoms with Crippen molar-refractivity contribution in [3.8, 4) is 0 Å². The van der Waals surface area contributed by atoms with Gasteiger partial charge < -0.3 is 10.1 Å². The van der Waals surface area contributed by atoms with Crippen LogP contribution < -0.4 is 5.32 Å². The average molecular weight is 227 g/mol. The van der Waals surface area contributed by atoms with Crippen molar-refractivity contribution < 1.29 is 4.74 Å². The first-order chi connectivity index (χ1) is 7.77. The van der Waals surface area contributed by atoms with E-state index in [-0.39, 0.29) is 0 Å². The molecule has 1 N–H and O–H groups in total. The number of hydrogen-bond acceptors (Lipinski definition) is 2. The molecule has 1 fully saturated rings. The molecule has 1 aliphatic rings. The number of nitrogens with one attached hydrogen (secondary N) is 1. The molecule has 1 atom stereocenters. The average Bonchev–Trinajstić information content (AvgIpc) is 2.29. The topological polar surface area (TPSA) is 21.3 Å². The second-order valence-corrected chi connectivity index (χ2v) is 5.26. The minimum absolute atomic E-state index is 0.587. The van der Waals surface area contributed by atoms with E-state index >= 15 is 0 Å². The molecule has 0 aromatic carbocycles. The van der Waals surface area contributed by atoms with E-state index in [0.29, 0.717) is 6.04 Å². The fourth-order valence-electron chi connectivity index (χ4n) is 2.67. The molecule has 16 heavy (non-hydrogen) atoms. The Morgan fingerprint density at radius 1 is 1.19 bits per heavy atom. The SMILES string of the molecule is CCCOCC(NCC)C1CCC(C)CC1. The van der Waals surface area contributed by atoms with E-state index in [1.165, 1.54) is 25.7 Å². The van der Waals surface area contributed by atoms with Gasteiger partial charge >= 0.3 is 0 Å². The third-order valence-electron chi connectivity index (χ3n) is 3.74. The molecule has 0 aromatic heterocycles. The summed E-state index contributed by atoms with van der Waals surface area (Å²) in [6.45, 7) is 9.62. The van der Waals surface area contributed by atoms with Gasteiger partial charge in [-0.3, -0.25) is 0 Å². The second kappa shape index (κ2) is 8.08. The summed E-state index contributed by atoms with van der Waals surface area (Å²) in [5, 5.41) is 3.60. The fraction of sp³-hybridized carbons (Fsp3) is 1.00. The number of ether oxygens (including phenoxy) is 1. The van der Waals surface area contributed by atoms with E-state index in [9.17, 15) is 0 Å². The summed E-state index contributed by atoms with van der Waals surface area (Å²) in [5.74, 6) is 1.78. The normalized spacial score (nSPS) is 27.9. The van der Waals surface area contributed by atoms with Crippen LogP contribution in [-0.2, 0) is 4.74 Å². The summed E-state index contributed by atoms with van der Waals surface area (Å²) < 4.78 is 5.72. The lowest BCUT2D eigenvalue weighted by Gasteiger charge is -2.33. The van der Waals surface area contributed by atoms with Crippen molar-refractivity contribution in [1.29, 1.82) is 0 Å². The highest BCUT2D eigenvalue weighted by atomic mass is 16.5. The molecule has 0 spiro atoms. The van der Waals surface area contributed by atoms with Gasteiger partial charge in [0.05, 0.1) is 6.61 Å². The number of likely N-dealkylation sites (N-methyl/N-ethyl adjacent to an activating group) is 1. The van der Waals surface area contributed by atoms with Gasteiger partial charge in [0.25, 0.3) is 0 Å². The van der Waals surface area contributed by atoms with Crippen molar-refractivity contribution in [2.75, 3.05) is 19.8 Å². The van der Waals surface area contributed by atoms with Crippen LogP contribution in [0, 0.1) is 11.8 Å². The van der Waals surface area contributed by atoms with Crippen LogP contribution in [0.15, 0.2) is 0 Å². The molecule has 2 heteroatoms. The van der Waals surface area contributed by atoms with Crippen LogP contribution in [0.2, 0.25) is 0 Å². The lowest BCUT2D eigenvalue weighted by atomic mass is 9.79. The molecule has 0 aromatic rings. The predicted octanol–water partition coefficient (Wildman–Crippen LogP) is 3.22. The van der Waals surface area contributed by atoms with Crippen LogP contribution in [0.25, 0.3) is 0 Å². The summed E-state index contributed by atoms with van der Waals surface area (Å²) in [6, 6.07) is 0.587. The van der Waals surface area contributed by atoms with Crippen molar-refractivity contribution in [1.82, 2.24) is 5.32 Å². The monoisotopic (exact) mass is 227 g/mol. The van der Waals surface area contributed by atoms with Crippen LogP contribution in [0.5, 0.6) is 0 Å². The summed E-state index contributed by atoms with van der Waals surface area (Å²) >= 11 is 0. The molecular formula is C14H29NO. The van der Waals surface area contributed by atoms with E-state index in [1.54, 1.807) is 0 Å². The molecule has 0 heterocycles. The maximum absolute atomic E-state index is 5.72. The van der Waals surface area contributed by atoms with Gasteiger partial charge in [-0.05, 0) is 37.6 Å². The van der Waals surface area contributed by atoms with E-state index < -0.39 is 0 Å². The van der Waals surface area contributed by atoms with Gasteiger partial charge in [-0.1, -0.05) is 33.6 Å². The lowest BCUT2D eigenvalue weighted by Crippen LogP contribution is -2.41. The van der Waals surface area contributed by atoms with Gasteiger partial charge in [0.15, 0.2) is 0 Å². The van der Waals surface area contributed by atoms with Gasteiger partial charge in [0, 0.05) is 12.6 Å². The maximum Gasteiger partial charge on any atom is 0.0622 e. The number of hydrogen-bond donors (Lipinski definition) is 1. The second-order valence-electron chi connectivity index (χ2n) is 5.26. The van der Waals surface area contributed by atoms with Crippen molar-refractivity contribution in [3.63, 3.8) is 0 Å². The third-order valence-corrected chi connectivity index (χ3v) is 3.74. The third kappa shape index (κ3) is 4.84. The molecule has 0 bridgehead atoms. The summed E-state index contributed by atoms with van der Waals surface area (Å²) in [5.41, 5.74) is 0. The Labute approximate surface area is 101 Å². The van der Waals surface area contributed by atoms with Crippen LogP contribution in [0.3, 0.4) is 0 Å². The van der Waals surface area contributed by atoms with Gasteiger partial charge in [-0.15, -0.1) is 0 Å². The molecule has 1 unspecified atom stereocenters. The predicted molar refractivity (Wildman–Crippen MR) is 69.7 cm³/mol. The van der Waals surface area contributed by atoms with Crippen LogP contribution in [0.1, 0.15) is 52.9 Å². The Kier molecular flexibility index (Phi) is 7.06. The maximum atomic E-state index is 5.72. The largest absolute Gasteiger partial charge is 0.380 e. The molecule has 0 radical (unpaired) electrons. The first-order valence-electron chi connectivity index (χ1n) is 7.09. The van der Waals surface area contributed by atoms with Crippen molar-refractivity contribution in [2.24, 2.45) is 11.8 Å². The minimum atomic E-state index is 0.587. The van der Waals surface area contributed by atoms with Crippen LogP contribution in [0.4, 0.5) is 0 Å². The molecule has 2 nitrogen and oxygen atoms in total. The van der Waals surface area contributed by atoms with Crippen LogP contribution >= 0.6 is 0 Å². The highest BCUT2D eigenvalue weighted by Crippen LogP contribution is 2.30. The van der Waals surface area contributed by atoms with Crippen molar-refractivity contribution in [3.05, 3.63) is 0 Å². The zero-order valence-corrected chi connectivity index (χ0v) is 11.3. The van der Waals surface area contributed by atoms with Crippen LogP contribution in [-0.4, -0.2) is 25.8 Å². The van der Waals surface area contributed by atoms with E-state index in [1.807, 2.05) is 0 Å². The van der Waals surface area contributed by atoms with Crippen molar-refractivity contribution in [2.45, 2.75) is 58.9 Å². The van der Waals surface area contributed by atoms with E-state index in [0.717, 1.165) is 38.0 Å². The highest BCUT2D eigenvalue weighted by molar-refractivity contribution is 4.80. The van der Waals surface area contributed by atoms with Gasteiger partial charge in [0.1, 0.15) is 0 Å². The molecule has 1 aliphatic carbocycles. The Hall–Kier alpha value is -0.0800. The van der Waals surface area contributed by atoms with Gasteiger partial charge in [0.2, 0.25) is 0 Å². The van der Waals surface area contributed by atoms with Crippen molar-refractivity contribution >= 4 is 0 Å². The van der Waals surface area contributed by atoms with E-state index in [4.69, 9.17) is 4.74 Å². The fourth-order valence-corrected chi connectivity index (χ4v) is 2.67. The number of rotatable bonds is 7. The smallest absolute Gasteiger partial charge is 0.0622 e. The zero-order chi connectivity index (χ0) is 11.8. The van der Waals surface area contributed by atoms with E-state index in [2.05, 4.69) is 26.1 Å². The standard InChI is InChI=1S/C14H29NO/c1-4-10-16-11-14(15-5-2)13-8-6-12(3)7-9-13/h12-15H,4-11H2,1-3H3. The highest BCUT2D eigenvalue weighted by Gasteiger charge is 2.25. The molecule has 96 valence electrons. The molecule has 1 rings (SSSR count). The molecule has 1 saturated carbocycles. The molecular weight excluding hydrogens is 198 g/mol. The van der Waals surface area contributed by atoms with Gasteiger partial charge in [-0.2, -0.15) is 0 Å². The Morgan fingerprint density at radius 3 is 2.44 bits per heavy atom. The first-order valence-corrected chi connectivity index (χ1v) is 7.09. The first kappa shape index (κ1) is 14.0. The Balaban J connectivity index is 2.30. The molecule has 0 aliphatic heterocycles. The molecule has 0 saturated heterocycles. The Morgan fingerprint density at radius 2 is 1.88 bits per heavy atom. The Bertz CT molecular complexity index is 164. The quantitative estimate of drug-likeness (QED) is 0.674. The molecule has 0 amide bonds. The summed E-state index contributed by atoms with van der Waals surface area (Å²) in [7, 11) is 0. The zero-order valence-electron chi connectivity index (χ0n) is 11.3. The van der Waals surface area contributed by atoms with Gasteiger partial charge in [-0.25, -0.2) is 0 Å². The minimum Gasteiger partial charge on any atom is -0.380 e. The summed E-state index contributed by atoms with van der Waals surface area (Å²) in [6.07, 6.45) is 6.70. The summed E-state index contributed by atoms with van der Waals surface area (Å²) in [4.78, 5) is 0.